The zero-order valence-electron chi connectivity index (χ0n) is 15.0. The average molecular weight is 441 g/mol. The summed E-state index contributed by atoms with van der Waals surface area (Å²) in [7, 11) is -2.35. The number of amides is 1. The number of rotatable bonds is 2. The van der Waals surface area contributed by atoms with E-state index in [0.29, 0.717) is 30.5 Å². The van der Waals surface area contributed by atoms with Gasteiger partial charge in [0.2, 0.25) is 0 Å². The Kier molecular flexibility index (Phi) is 5.02. The molecule has 1 amide bonds. The summed E-state index contributed by atoms with van der Waals surface area (Å²) in [5.41, 5.74) is 1.06. The normalized spacial score (nSPS) is 23.8. The van der Waals surface area contributed by atoms with Crippen molar-refractivity contribution in [1.82, 2.24) is 9.88 Å². The maximum atomic E-state index is 13.4. The van der Waals surface area contributed by atoms with Crippen molar-refractivity contribution in [2.24, 2.45) is 5.92 Å². The van der Waals surface area contributed by atoms with E-state index in [2.05, 4.69) is 4.98 Å². The Balaban J connectivity index is 1.89. The highest BCUT2D eigenvalue weighted by Crippen LogP contribution is 2.53. The van der Waals surface area contributed by atoms with Crippen LogP contribution in [0.5, 0.6) is 0 Å². The number of carbonyl (C=O) groups is 1. The van der Waals surface area contributed by atoms with Gasteiger partial charge in [-0.1, -0.05) is 41.4 Å². The van der Waals surface area contributed by atoms with Crippen molar-refractivity contribution in [2.75, 3.05) is 13.7 Å². The fraction of sp³-hybridized carbons (Fsp3) is 0.368. The van der Waals surface area contributed by atoms with Crippen LogP contribution in [-0.2, 0) is 14.6 Å². The van der Waals surface area contributed by atoms with E-state index in [0.717, 1.165) is 0 Å². The lowest BCUT2D eigenvalue weighted by molar-refractivity contribution is 0.111. The van der Waals surface area contributed by atoms with E-state index in [1.54, 1.807) is 41.3 Å². The SMILES string of the molecule is COC(=O)N1CC[C@@H]2C[C@@H](S(=O)(=O)c3ccccc3)c3cc(Cl)nc(Cl)c3[C@@H]21. The first-order valence-corrected chi connectivity index (χ1v) is 11.1. The lowest BCUT2D eigenvalue weighted by atomic mass is 9.80. The lowest BCUT2D eigenvalue weighted by Gasteiger charge is -2.37. The van der Waals surface area contributed by atoms with E-state index in [1.807, 2.05) is 0 Å². The number of nitrogens with zero attached hydrogens (tertiary/aromatic N) is 2. The summed E-state index contributed by atoms with van der Waals surface area (Å²) in [6.45, 7) is 0.471. The minimum atomic E-state index is -3.67. The molecule has 6 nitrogen and oxygen atoms in total. The molecular formula is C19H18Cl2N2O4S. The van der Waals surface area contributed by atoms with E-state index in [9.17, 15) is 13.2 Å². The standard InChI is InChI=1S/C19H18Cl2N2O4S/c1-27-19(24)23-8-7-11-9-14(28(25,26)12-5-3-2-4-6-12)13-10-15(20)22-18(21)16(13)17(11)23/h2-6,10-11,14,17H,7-9H2,1H3/t11-,14-,17-/m1/s1. The summed E-state index contributed by atoms with van der Waals surface area (Å²) < 4.78 is 31.7. The molecule has 2 heterocycles. The molecule has 2 aliphatic rings. The molecule has 0 N–H and O–H groups in total. The first-order valence-electron chi connectivity index (χ1n) is 8.84. The summed E-state index contributed by atoms with van der Waals surface area (Å²) in [5.74, 6) is -0.0597. The number of hydrogen-bond acceptors (Lipinski definition) is 5. The third-order valence-corrected chi connectivity index (χ3v) is 8.16. The first kappa shape index (κ1) is 19.5. The molecule has 0 radical (unpaired) electrons. The molecule has 28 heavy (non-hydrogen) atoms. The highest BCUT2D eigenvalue weighted by Gasteiger charge is 2.49. The highest BCUT2D eigenvalue weighted by atomic mass is 35.5. The van der Waals surface area contributed by atoms with Gasteiger partial charge in [0.1, 0.15) is 10.3 Å². The van der Waals surface area contributed by atoms with Gasteiger partial charge in [0.05, 0.1) is 23.3 Å². The van der Waals surface area contributed by atoms with Crippen molar-refractivity contribution in [3.8, 4) is 0 Å². The number of pyridine rings is 1. The quantitative estimate of drug-likeness (QED) is 0.645. The zero-order chi connectivity index (χ0) is 20.1. The molecule has 0 bridgehead atoms. The molecule has 4 rings (SSSR count). The van der Waals surface area contributed by atoms with E-state index >= 15 is 0 Å². The van der Waals surface area contributed by atoms with Crippen molar-refractivity contribution < 1.29 is 17.9 Å². The van der Waals surface area contributed by atoms with Gasteiger partial charge in [0.25, 0.3) is 0 Å². The third kappa shape index (κ3) is 3.06. The van der Waals surface area contributed by atoms with E-state index in [-0.39, 0.29) is 27.2 Å². The summed E-state index contributed by atoms with van der Waals surface area (Å²) in [6.07, 6.45) is 0.576. The van der Waals surface area contributed by atoms with E-state index in [1.165, 1.54) is 7.11 Å². The van der Waals surface area contributed by atoms with Crippen LogP contribution in [-0.4, -0.2) is 38.0 Å². The van der Waals surface area contributed by atoms with Crippen molar-refractivity contribution in [2.45, 2.75) is 29.0 Å². The van der Waals surface area contributed by atoms with Crippen molar-refractivity contribution in [3.63, 3.8) is 0 Å². The molecule has 0 saturated carbocycles. The van der Waals surface area contributed by atoms with Crippen molar-refractivity contribution in [1.29, 1.82) is 0 Å². The van der Waals surface area contributed by atoms with E-state index < -0.39 is 21.2 Å². The van der Waals surface area contributed by atoms with Gasteiger partial charge in [0.15, 0.2) is 9.84 Å². The predicted molar refractivity (Wildman–Crippen MR) is 105 cm³/mol. The molecule has 1 saturated heterocycles. The second-order valence-electron chi connectivity index (χ2n) is 6.98. The molecule has 9 heteroatoms. The van der Waals surface area contributed by atoms with Crippen LogP contribution in [0.4, 0.5) is 4.79 Å². The largest absolute Gasteiger partial charge is 0.453 e. The van der Waals surface area contributed by atoms with Crippen LogP contribution in [0.15, 0.2) is 41.3 Å². The Morgan fingerprint density at radius 2 is 1.96 bits per heavy atom. The Morgan fingerprint density at radius 1 is 1.25 bits per heavy atom. The van der Waals surface area contributed by atoms with Crippen LogP contribution >= 0.6 is 23.2 Å². The number of methoxy groups -OCH3 is 1. The highest BCUT2D eigenvalue weighted by molar-refractivity contribution is 7.91. The number of carbonyl (C=O) groups excluding carboxylic acids is 1. The Morgan fingerprint density at radius 3 is 2.64 bits per heavy atom. The number of benzene rings is 1. The summed E-state index contributed by atoms with van der Waals surface area (Å²) >= 11 is 12.5. The van der Waals surface area contributed by atoms with Crippen molar-refractivity contribution in [3.05, 3.63) is 57.8 Å². The summed E-state index contributed by atoms with van der Waals surface area (Å²) in [5, 5.41) is -0.555. The Bertz CT molecular complexity index is 1030. The predicted octanol–water partition coefficient (Wildman–Crippen LogP) is 4.44. The van der Waals surface area contributed by atoms with Gasteiger partial charge in [-0.25, -0.2) is 18.2 Å². The number of ether oxygens (including phenoxy) is 1. The topological polar surface area (TPSA) is 76.6 Å². The molecular weight excluding hydrogens is 423 g/mol. The monoisotopic (exact) mass is 440 g/mol. The maximum Gasteiger partial charge on any atom is 0.410 e. The number of sulfone groups is 1. The number of fused-ring (bicyclic) bond motifs is 3. The van der Waals surface area contributed by atoms with Crippen LogP contribution < -0.4 is 0 Å². The van der Waals surface area contributed by atoms with Gasteiger partial charge in [0, 0.05) is 12.1 Å². The van der Waals surface area contributed by atoms with Crippen molar-refractivity contribution >= 4 is 39.1 Å². The molecule has 1 aromatic carbocycles. The zero-order valence-corrected chi connectivity index (χ0v) is 17.3. The number of hydrogen-bond donors (Lipinski definition) is 0. The second-order valence-corrected chi connectivity index (χ2v) is 9.85. The first-order chi connectivity index (χ1) is 13.3. The fourth-order valence-corrected chi connectivity index (χ4v) is 6.81. The summed E-state index contributed by atoms with van der Waals surface area (Å²) in [6, 6.07) is 9.51. The molecule has 148 valence electrons. The Labute approximate surface area is 173 Å². The van der Waals surface area contributed by atoms with Crippen LogP contribution in [0.2, 0.25) is 10.3 Å². The second kappa shape index (κ2) is 7.21. The molecule has 1 fully saturated rings. The maximum absolute atomic E-state index is 13.4. The molecule has 1 aromatic heterocycles. The number of aromatic nitrogens is 1. The fourth-order valence-electron chi connectivity index (χ4n) is 4.36. The smallest absolute Gasteiger partial charge is 0.410 e. The van der Waals surface area contributed by atoms with E-state index in [4.69, 9.17) is 27.9 Å². The lowest BCUT2D eigenvalue weighted by Crippen LogP contribution is -2.36. The Hall–Kier alpha value is -1.83. The van der Waals surface area contributed by atoms with Crippen LogP contribution in [0.1, 0.15) is 35.3 Å². The van der Waals surface area contributed by atoms with Gasteiger partial charge < -0.3 is 9.64 Å². The minimum absolute atomic E-state index is 0.0597. The molecule has 0 spiro atoms. The average Bonchev–Trinajstić information content (AvgIpc) is 3.10. The van der Waals surface area contributed by atoms with Gasteiger partial charge in [-0.2, -0.15) is 0 Å². The molecule has 1 aliphatic carbocycles. The van der Waals surface area contributed by atoms with Gasteiger partial charge >= 0.3 is 6.09 Å². The number of likely N-dealkylation sites (tertiary alicyclic amines) is 1. The van der Waals surface area contributed by atoms with Crippen LogP contribution in [0, 0.1) is 5.92 Å². The van der Waals surface area contributed by atoms with Crippen LogP contribution in [0.3, 0.4) is 0 Å². The number of halogens is 2. The molecule has 3 atom stereocenters. The molecule has 0 unspecified atom stereocenters. The molecule has 2 aromatic rings. The van der Waals surface area contributed by atoms with Gasteiger partial charge in [-0.05, 0) is 42.5 Å². The van der Waals surface area contributed by atoms with Gasteiger partial charge in [-0.3, -0.25) is 0 Å². The third-order valence-electron chi connectivity index (χ3n) is 5.55. The van der Waals surface area contributed by atoms with Gasteiger partial charge in [-0.15, -0.1) is 0 Å². The molecule has 1 aliphatic heterocycles. The van der Waals surface area contributed by atoms with Crippen LogP contribution in [0.25, 0.3) is 0 Å². The summed E-state index contributed by atoms with van der Waals surface area (Å²) in [4.78, 5) is 18.2. The minimum Gasteiger partial charge on any atom is -0.453 e.